The van der Waals surface area contributed by atoms with E-state index in [2.05, 4.69) is 4.90 Å². The molecule has 1 unspecified atom stereocenters. The number of carbonyl (C=O) groups is 3. The zero-order chi connectivity index (χ0) is 28.1. The molecule has 210 valence electrons. The van der Waals surface area contributed by atoms with Gasteiger partial charge in [0.1, 0.15) is 6.61 Å². The van der Waals surface area contributed by atoms with Gasteiger partial charge < -0.3 is 19.5 Å². The number of halogens is 2. The Morgan fingerprint density at radius 1 is 1.15 bits per heavy atom. The van der Waals surface area contributed by atoms with Gasteiger partial charge in [-0.2, -0.15) is 0 Å². The highest BCUT2D eigenvalue weighted by Gasteiger charge is 2.32. The third-order valence-corrected chi connectivity index (χ3v) is 7.59. The van der Waals surface area contributed by atoms with Crippen LogP contribution in [-0.2, 0) is 16.1 Å². The SMILES string of the molecule is COc1cc(CN(CC2CC2)C(CC(=O)O)c2ccc(Cl)cc2Cl)ccc1OCCN1C(=O)CCN(C)C1=O. The first kappa shape index (κ1) is 29.0. The number of carbonyl (C=O) groups excluding carboxylic acids is 2. The molecule has 1 atom stereocenters. The van der Waals surface area contributed by atoms with Crippen molar-refractivity contribution in [2.75, 3.05) is 40.4 Å². The summed E-state index contributed by atoms with van der Waals surface area (Å²) in [7, 11) is 3.21. The molecule has 0 spiro atoms. The number of carboxylic acids is 1. The molecule has 0 aromatic heterocycles. The second kappa shape index (κ2) is 12.9. The molecule has 4 rings (SSSR count). The molecule has 11 heteroatoms. The fourth-order valence-electron chi connectivity index (χ4n) is 4.74. The van der Waals surface area contributed by atoms with Gasteiger partial charge in [-0.3, -0.25) is 19.4 Å². The summed E-state index contributed by atoms with van der Waals surface area (Å²) in [6.45, 7) is 1.90. The minimum absolute atomic E-state index is 0.102. The van der Waals surface area contributed by atoms with Gasteiger partial charge in [0.05, 0.1) is 20.1 Å². The number of methoxy groups -OCH3 is 1. The lowest BCUT2D eigenvalue weighted by Crippen LogP contribution is -2.51. The highest BCUT2D eigenvalue weighted by molar-refractivity contribution is 6.35. The van der Waals surface area contributed by atoms with Gasteiger partial charge in [-0.25, -0.2) is 4.79 Å². The molecule has 1 saturated heterocycles. The number of amides is 3. The number of urea groups is 1. The van der Waals surface area contributed by atoms with Crippen LogP contribution in [0.25, 0.3) is 0 Å². The lowest BCUT2D eigenvalue weighted by Gasteiger charge is -2.32. The number of carboxylic acid groups (broad SMARTS) is 1. The van der Waals surface area contributed by atoms with Crippen molar-refractivity contribution in [2.45, 2.75) is 38.3 Å². The zero-order valence-corrected chi connectivity index (χ0v) is 23.6. The van der Waals surface area contributed by atoms with Gasteiger partial charge in [-0.1, -0.05) is 35.3 Å². The van der Waals surface area contributed by atoms with Crippen LogP contribution in [0.2, 0.25) is 10.0 Å². The van der Waals surface area contributed by atoms with Crippen LogP contribution in [-0.4, -0.2) is 78.1 Å². The number of benzene rings is 2. The van der Waals surface area contributed by atoms with Crippen molar-refractivity contribution >= 4 is 41.1 Å². The fourth-order valence-corrected chi connectivity index (χ4v) is 5.28. The average molecular weight is 578 g/mol. The molecule has 1 aliphatic carbocycles. The Kier molecular flexibility index (Phi) is 9.58. The van der Waals surface area contributed by atoms with E-state index < -0.39 is 12.0 Å². The smallest absolute Gasteiger partial charge is 0.326 e. The first-order valence-electron chi connectivity index (χ1n) is 12.9. The Bertz CT molecular complexity index is 1220. The van der Waals surface area contributed by atoms with E-state index in [9.17, 15) is 19.5 Å². The number of aliphatic carboxylic acids is 1. The van der Waals surface area contributed by atoms with E-state index in [0.29, 0.717) is 47.0 Å². The van der Waals surface area contributed by atoms with Gasteiger partial charge in [0.25, 0.3) is 0 Å². The molecule has 3 amide bonds. The second-order valence-electron chi connectivity index (χ2n) is 9.99. The molecule has 0 radical (unpaired) electrons. The standard InChI is InChI=1S/C28H33Cl2N3O6/c1-31-10-9-26(34)33(28(31)37)11-12-39-24-8-5-19(13-25(24)38-2)17-32(16-18-3-4-18)23(15-27(35)36)21-7-6-20(29)14-22(21)30/h5-8,13-14,18,23H,3-4,9-12,15-17H2,1-2H3,(H,35,36). The van der Waals surface area contributed by atoms with Crippen LogP contribution in [0, 0.1) is 5.92 Å². The largest absolute Gasteiger partial charge is 0.493 e. The lowest BCUT2D eigenvalue weighted by molar-refractivity contribution is -0.138. The molecule has 2 aliphatic rings. The maximum atomic E-state index is 12.3. The Morgan fingerprint density at radius 2 is 1.92 bits per heavy atom. The van der Waals surface area contributed by atoms with Crippen molar-refractivity contribution < 1.29 is 29.0 Å². The molecule has 2 aromatic rings. The topological polar surface area (TPSA) is 99.6 Å². The molecule has 39 heavy (non-hydrogen) atoms. The summed E-state index contributed by atoms with van der Waals surface area (Å²) in [5.41, 5.74) is 1.65. The van der Waals surface area contributed by atoms with E-state index in [-0.39, 0.29) is 31.5 Å². The summed E-state index contributed by atoms with van der Waals surface area (Å²) in [6.07, 6.45) is 2.41. The number of rotatable bonds is 13. The minimum Gasteiger partial charge on any atom is -0.493 e. The van der Waals surface area contributed by atoms with E-state index >= 15 is 0 Å². The summed E-state index contributed by atoms with van der Waals surface area (Å²) >= 11 is 12.6. The molecule has 0 bridgehead atoms. The predicted molar refractivity (Wildman–Crippen MR) is 147 cm³/mol. The van der Waals surface area contributed by atoms with E-state index in [1.54, 1.807) is 38.4 Å². The van der Waals surface area contributed by atoms with Crippen LogP contribution < -0.4 is 9.47 Å². The number of ether oxygens (including phenoxy) is 2. The van der Waals surface area contributed by atoms with Crippen LogP contribution in [0.1, 0.15) is 42.9 Å². The van der Waals surface area contributed by atoms with Crippen LogP contribution >= 0.6 is 23.2 Å². The second-order valence-corrected chi connectivity index (χ2v) is 10.8. The van der Waals surface area contributed by atoms with Gasteiger partial charge in [0.2, 0.25) is 5.91 Å². The van der Waals surface area contributed by atoms with E-state index in [0.717, 1.165) is 30.5 Å². The highest BCUT2D eigenvalue weighted by atomic mass is 35.5. The molecule has 1 saturated carbocycles. The van der Waals surface area contributed by atoms with Crippen LogP contribution in [0.5, 0.6) is 11.5 Å². The van der Waals surface area contributed by atoms with Crippen molar-refractivity contribution in [2.24, 2.45) is 5.92 Å². The molecular formula is C28H33Cl2N3O6. The third kappa shape index (κ3) is 7.56. The molecule has 9 nitrogen and oxygen atoms in total. The van der Waals surface area contributed by atoms with Crippen molar-refractivity contribution in [3.8, 4) is 11.5 Å². The minimum atomic E-state index is -0.912. The average Bonchev–Trinajstić information content (AvgIpc) is 3.71. The predicted octanol–water partition coefficient (Wildman–Crippen LogP) is 5.09. The number of hydrogen-bond donors (Lipinski definition) is 1. The van der Waals surface area contributed by atoms with Crippen molar-refractivity contribution in [3.05, 3.63) is 57.6 Å². The van der Waals surface area contributed by atoms with Crippen molar-refractivity contribution in [3.63, 3.8) is 0 Å². The quantitative estimate of drug-likeness (QED) is 0.354. The Morgan fingerprint density at radius 3 is 2.59 bits per heavy atom. The Labute approximate surface area is 238 Å². The van der Waals surface area contributed by atoms with Gasteiger partial charge in [-0.05, 0) is 54.2 Å². The van der Waals surface area contributed by atoms with Crippen molar-refractivity contribution in [1.29, 1.82) is 0 Å². The zero-order valence-electron chi connectivity index (χ0n) is 22.1. The molecule has 1 aliphatic heterocycles. The van der Waals surface area contributed by atoms with Crippen LogP contribution in [0.3, 0.4) is 0 Å². The molecule has 2 fully saturated rings. The van der Waals surface area contributed by atoms with E-state index in [1.165, 1.54) is 9.80 Å². The van der Waals surface area contributed by atoms with Gasteiger partial charge >= 0.3 is 12.0 Å². The highest BCUT2D eigenvalue weighted by Crippen LogP contribution is 2.38. The molecule has 1 heterocycles. The monoisotopic (exact) mass is 577 g/mol. The Hall–Kier alpha value is -3.01. The fraction of sp³-hybridized carbons (Fsp3) is 0.464. The normalized spacial score (nSPS) is 16.5. The number of hydrogen-bond acceptors (Lipinski definition) is 6. The third-order valence-electron chi connectivity index (χ3n) is 7.03. The summed E-state index contributed by atoms with van der Waals surface area (Å²) in [4.78, 5) is 41.2. The van der Waals surface area contributed by atoms with Gasteiger partial charge in [-0.15, -0.1) is 0 Å². The van der Waals surface area contributed by atoms with Crippen molar-refractivity contribution in [1.82, 2.24) is 14.7 Å². The van der Waals surface area contributed by atoms with E-state index in [4.69, 9.17) is 32.7 Å². The van der Waals surface area contributed by atoms with Crippen LogP contribution in [0.15, 0.2) is 36.4 Å². The Balaban J connectivity index is 1.50. The molecule has 1 N–H and O–H groups in total. The summed E-state index contributed by atoms with van der Waals surface area (Å²) in [6, 6.07) is 9.96. The first-order chi connectivity index (χ1) is 18.7. The van der Waals surface area contributed by atoms with Crippen LogP contribution in [0.4, 0.5) is 4.79 Å². The maximum Gasteiger partial charge on any atom is 0.326 e. The maximum absolute atomic E-state index is 12.3. The summed E-state index contributed by atoms with van der Waals surface area (Å²) < 4.78 is 11.5. The lowest BCUT2D eigenvalue weighted by atomic mass is 10.00. The summed E-state index contributed by atoms with van der Waals surface area (Å²) in [5.74, 6) is 0.382. The van der Waals surface area contributed by atoms with Gasteiger partial charge in [0.15, 0.2) is 11.5 Å². The number of nitrogens with zero attached hydrogens (tertiary/aromatic N) is 3. The van der Waals surface area contributed by atoms with E-state index in [1.807, 2.05) is 12.1 Å². The molecular weight excluding hydrogens is 545 g/mol. The van der Waals surface area contributed by atoms with Gasteiger partial charge in [0, 0.05) is 49.2 Å². The molecule has 2 aromatic carbocycles. The summed E-state index contributed by atoms with van der Waals surface area (Å²) in [5, 5.41) is 10.6. The first-order valence-corrected chi connectivity index (χ1v) is 13.7. The number of imide groups is 1.